The number of methoxy groups -OCH3 is 2. The molecule has 5 aromatic rings. The SMILES string of the molecule is COc1ccc(CN(Cc2ccc(OC)cc2)c2cc(C)cc(-c3c(Cl)cc4c(N5CC6CCC(C5)N6C(=O)OC(C)(C)C)nc(F)nc4c3F)n2)cc1. The predicted octanol–water partition coefficient (Wildman–Crippen LogP) is 8.74. The van der Waals surface area contributed by atoms with Crippen molar-refractivity contribution in [2.45, 2.75) is 71.3 Å². The van der Waals surface area contributed by atoms with Crippen molar-refractivity contribution in [1.82, 2.24) is 19.9 Å². The molecule has 2 bridgehead atoms. The van der Waals surface area contributed by atoms with Crippen molar-refractivity contribution < 1.29 is 27.8 Å². The molecule has 282 valence electrons. The average molecular weight is 757 g/mol. The van der Waals surface area contributed by atoms with E-state index in [0.29, 0.717) is 32.0 Å². The van der Waals surface area contributed by atoms with Crippen molar-refractivity contribution in [3.05, 3.63) is 100 Å². The van der Waals surface area contributed by atoms with E-state index in [9.17, 15) is 4.79 Å². The van der Waals surface area contributed by atoms with Crippen molar-refractivity contribution in [3.63, 3.8) is 0 Å². The number of hydrogen-bond donors (Lipinski definition) is 0. The number of hydrogen-bond acceptors (Lipinski definition) is 9. The standard InChI is InChI=1S/C41H43ClF2N6O4/c1-24-17-33(45-34(18-24)48(20-25-7-13-29(52-5)14-8-25)21-26-9-15-30(53-6)16-10-26)35-32(42)19-31-37(36(35)43)46-39(44)47-38(31)49-22-27-11-12-28(23-49)50(27)40(51)54-41(2,3)4/h7-10,13-19,27-28H,11-12,20-23H2,1-6H3. The molecule has 0 radical (unpaired) electrons. The molecule has 0 spiro atoms. The maximum atomic E-state index is 16.8. The van der Waals surface area contributed by atoms with Crippen molar-refractivity contribution in [1.29, 1.82) is 0 Å². The third kappa shape index (κ3) is 7.70. The van der Waals surface area contributed by atoms with E-state index in [4.69, 9.17) is 30.8 Å². The van der Waals surface area contributed by atoms with Crippen LogP contribution in [0, 0.1) is 18.8 Å². The molecular weight excluding hydrogens is 714 g/mol. The maximum Gasteiger partial charge on any atom is 0.410 e. The number of aromatic nitrogens is 3. The lowest BCUT2D eigenvalue weighted by molar-refractivity contribution is 0.0122. The summed E-state index contributed by atoms with van der Waals surface area (Å²) in [6, 6.07) is 20.5. The van der Waals surface area contributed by atoms with Gasteiger partial charge in [0.2, 0.25) is 0 Å². The van der Waals surface area contributed by atoms with Crippen LogP contribution in [0.5, 0.6) is 11.5 Å². The zero-order chi connectivity index (χ0) is 38.3. The Labute approximate surface area is 318 Å². The second-order valence-corrected chi connectivity index (χ2v) is 15.3. The van der Waals surface area contributed by atoms with Crippen LogP contribution < -0.4 is 19.3 Å². The van der Waals surface area contributed by atoms with Crippen molar-refractivity contribution in [3.8, 4) is 22.8 Å². The first kappa shape index (κ1) is 37.1. The quantitative estimate of drug-likeness (QED) is 0.137. The number of halogens is 3. The van der Waals surface area contributed by atoms with Crippen molar-refractivity contribution >= 4 is 40.2 Å². The molecule has 54 heavy (non-hydrogen) atoms. The van der Waals surface area contributed by atoms with E-state index in [1.54, 1.807) is 31.3 Å². The number of carbonyl (C=O) groups excluding carboxylic acids is 1. The lowest BCUT2D eigenvalue weighted by Gasteiger charge is -2.42. The topological polar surface area (TPSA) is 93.2 Å². The second-order valence-electron chi connectivity index (χ2n) is 14.9. The van der Waals surface area contributed by atoms with Gasteiger partial charge in [0.05, 0.1) is 42.6 Å². The van der Waals surface area contributed by atoms with Gasteiger partial charge in [0.1, 0.15) is 34.3 Å². The minimum atomic E-state index is -1.06. The number of fused-ring (bicyclic) bond motifs is 3. The lowest BCUT2D eigenvalue weighted by atomic mass is 10.0. The third-order valence-corrected chi connectivity index (χ3v) is 10.1. The van der Waals surface area contributed by atoms with Crippen LogP contribution in [-0.2, 0) is 17.8 Å². The van der Waals surface area contributed by atoms with Gasteiger partial charge in [0.25, 0.3) is 0 Å². The van der Waals surface area contributed by atoms with Crippen LogP contribution >= 0.6 is 11.6 Å². The zero-order valence-corrected chi connectivity index (χ0v) is 32.0. The van der Waals surface area contributed by atoms with E-state index >= 15 is 8.78 Å². The van der Waals surface area contributed by atoms with E-state index in [1.807, 2.05) is 87.2 Å². The molecule has 3 aromatic carbocycles. The smallest absolute Gasteiger partial charge is 0.410 e. The van der Waals surface area contributed by atoms with Gasteiger partial charge in [-0.05, 0) is 99.7 Å². The Morgan fingerprint density at radius 3 is 1.98 bits per heavy atom. The molecule has 2 aliphatic heterocycles. The summed E-state index contributed by atoms with van der Waals surface area (Å²) in [6.07, 6.45) is 0.0966. The van der Waals surface area contributed by atoms with Gasteiger partial charge in [0, 0.05) is 31.6 Å². The number of rotatable bonds is 9. The van der Waals surface area contributed by atoms with E-state index in [-0.39, 0.29) is 51.2 Å². The van der Waals surface area contributed by atoms with E-state index in [2.05, 4.69) is 14.9 Å². The highest BCUT2D eigenvalue weighted by atomic mass is 35.5. The molecule has 1 amide bonds. The zero-order valence-electron chi connectivity index (χ0n) is 31.2. The van der Waals surface area contributed by atoms with Gasteiger partial charge in [-0.2, -0.15) is 14.4 Å². The maximum absolute atomic E-state index is 16.8. The minimum Gasteiger partial charge on any atom is -0.497 e. The normalized spacial score (nSPS) is 16.8. The molecule has 2 atom stereocenters. The Morgan fingerprint density at radius 1 is 0.870 bits per heavy atom. The van der Waals surface area contributed by atoms with Crippen molar-refractivity contribution in [2.24, 2.45) is 0 Å². The van der Waals surface area contributed by atoms with Crippen LogP contribution in [0.2, 0.25) is 5.02 Å². The molecule has 2 aromatic heterocycles. The van der Waals surface area contributed by atoms with Crippen molar-refractivity contribution in [2.75, 3.05) is 37.1 Å². The molecule has 4 heterocycles. The fourth-order valence-electron chi connectivity index (χ4n) is 7.38. The van der Waals surface area contributed by atoms with Gasteiger partial charge < -0.3 is 24.0 Å². The molecule has 2 aliphatic rings. The van der Waals surface area contributed by atoms with Crippen LogP contribution in [0.15, 0.2) is 66.7 Å². The summed E-state index contributed by atoms with van der Waals surface area (Å²) in [6.45, 7) is 9.15. The average Bonchev–Trinajstić information content (AvgIpc) is 3.40. The molecule has 0 saturated carbocycles. The summed E-state index contributed by atoms with van der Waals surface area (Å²) in [5.74, 6) is 1.53. The Bertz CT molecular complexity index is 2120. The molecule has 0 N–H and O–H groups in total. The van der Waals surface area contributed by atoms with E-state index in [1.165, 1.54) is 0 Å². The van der Waals surface area contributed by atoms with Crippen LogP contribution in [0.1, 0.15) is 50.3 Å². The number of amides is 1. The highest BCUT2D eigenvalue weighted by Crippen LogP contribution is 2.41. The molecule has 2 unspecified atom stereocenters. The second kappa shape index (κ2) is 14.9. The minimum absolute atomic E-state index is 0.0156. The van der Waals surface area contributed by atoms with Crippen LogP contribution in [0.25, 0.3) is 22.2 Å². The molecule has 0 aliphatic carbocycles. The van der Waals surface area contributed by atoms with E-state index in [0.717, 1.165) is 41.0 Å². The Hall–Kier alpha value is -5.23. The highest BCUT2D eigenvalue weighted by molar-refractivity contribution is 6.34. The summed E-state index contributed by atoms with van der Waals surface area (Å²) in [5, 5.41) is 0.369. The highest BCUT2D eigenvalue weighted by Gasteiger charge is 2.45. The number of pyridine rings is 1. The van der Waals surface area contributed by atoms with E-state index < -0.39 is 17.5 Å². The van der Waals surface area contributed by atoms with Gasteiger partial charge in [-0.15, -0.1) is 0 Å². The molecule has 2 fully saturated rings. The summed E-state index contributed by atoms with van der Waals surface area (Å²) < 4.78 is 48.5. The van der Waals surface area contributed by atoms with Gasteiger partial charge in [0.15, 0.2) is 5.82 Å². The third-order valence-electron chi connectivity index (χ3n) is 9.82. The summed E-state index contributed by atoms with van der Waals surface area (Å²) in [4.78, 5) is 31.9. The Morgan fingerprint density at radius 2 is 1.44 bits per heavy atom. The Balaban J connectivity index is 1.24. The fraction of sp³-hybridized carbons (Fsp3) is 0.366. The monoisotopic (exact) mass is 756 g/mol. The van der Waals surface area contributed by atoms with Gasteiger partial charge >= 0.3 is 12.2 Å². The number of benzene rings is 3. The largest absolute Gasteiger partial charge is 0.497 e. The summed E-state index contributed by atoms with van der Waals surface area (Å²) >= 11 is 6.94. The Kier molecular flexibility index (Phi) is 10.2. The lowest BCUT2D eigenvalue weighted by Crippen LogP contribution is -2.57. The molecule has 10 nitrogen and oxygen atoms in total. The van der Waals surface area contributed by atoms with Gasteiger partial charge in [-0.1, -0.05) is 35.9 Å². The first-order valence-electron chi connectivity index (χ1n) is 17.9. The number of carbonyl (C=O) groups is 1. The predicted molar refractivity (Wildman–Crippen MR) is 205 cm³/mol. The molecule has 13 heteroatoms. The number of aryl methyl sites for hydroxylation is 1. The van der Waals surface area contributed by atoms with Crippen LogP contribution in [-0.4, -0.2) is 70.9 Å². The summed E-state index contributed by atoms with van der Waals surface area (Å²) in [5.41, 5.74) is 2.33. The first-order valence-corrected chi connectivity index (χ1v) is 18.3. The first-order chi connectivity index (χ1) is 25.8. The molecule has 2 saturated heterocycles. The number of ether oxygens (including phenoxy) is 3. The molecular formula is C41H43ClF2N6O4. The van der Waals surface area contributed by atoms with Gasteiger partial charge in [-0.25, -0.2) is 14.2 Å². The molecule has 7 rings (SSSR count). The number of anilines is 2. The number of piperazine rings is 1. The number of nitrogens with zero attached hydrogens (tertiary/aromatic N) is 6. The fourth-order valence-corrected chi connectivity index (χ4v) is 7.67. The van der Waals surface area contributed by atoms with Crippen LogP contribution in [0.3, 0.4) is 0 Å². The summed E-state index contributed by atoms with van der Waals surface area (Å²) in [7, 11) is 3.25. The van der Waals surface area contributed by atoms with Crippen LogP contribution in [0.4, 0.5) is 25.2 Å². The van der Waals surface area contributed by atoms with Gasteiger partial charge in [-0.3, -0.25) is 4.90 Å².